The predicted molar refractivity (Wildman–Crippen MR) is 102 cm³/mol. The molecule has 4 rings (SSSR count). The number of hydrogen-bond donors (Lipinski definition) is 1. The van der Waals surface area contributed by atoms with Crippen molar-refractivity contribution < 1.29 is 0 Å². The summed E-state index contributed by atoms with van der Waals surface area (Å²) in [5.74, 6) is 1.57. The first-order valence-corrected chi connectivity index (χ1v) is 8.52. The normalized spacial score (nSPS) is 11.6. The van der Waals surface area contributed by atoms with Gasteiger partial charge in [0.1, 0.15) is 0 Å². The molecule has 1 N–H and O–H groups in total. The summed E-state index contributed by atoms with van der Waals surface area (Å²) >= 11 is 0. The molecule has 0 bridgehead atoms. The van der Waals surface area contributed by atoms with Gasteiger partial charge in [0.05, 0.1) is 5.52 Å². The molecule has 0 spiro atoms. The molecule has 0 saturated carbocycles. The Labute approximate surface area is 146 Å². The molecule has 0 aliphatic rings. The van der Waals surface area contributed by atoms with E-state index in [9.17, 15) is 0 Å². The summed E-state index contributed by atoms with van der Waals surface area (Å²) in [6, 6.07) is 14.8. The molecule has 4 aromatic rings. The quantitative estimate of drug-likeness (QED) is 0.605. The zero-order chi connectivity index (χ0) is 17.6. The van der Waals surface area contributed by atoms with Gasteiger partial charge in [0.2, 0.25) is 5.95 Å². The molecule has 2 aromatic carbocycles. The van der Waals surface area contributed by atoms with Gasteiger partial charge >= 0.3 is 0 Å². The van der Waals surface area contributed by atoms with Gasteiger partial charge in [-0.15, -0.1) is 10.2 Å². The van der Waals surface area contributed by atoms with Gasteiger partial charge in [-0.25, -0.2) is 9.38 Å². The average Bonchev–Trinajstić information content (AvgIpc) is 3.01. The van der Waals surface area contributed by atoms with Crippen LogP contribution >= 0.6 is 0 Å². The Bertz CT molecular complexity index is 1080. The van der Waals surface area contributed by atoms with E-state index in [1.165, 1.54) is 11.1 Å². The van der Waals surface area contributed by atoms with E-state index in [2.05, 4.69) is 73.5 Å². The van der Waals surface area contributed by atoms with Gasteiger partial charge in [-0.2, -0.15) is 0 Å². The van der Waals surface area contributed by atoms with E-state index >= 15 is 0 Å². The zero-order valence-corrected chi connectivity index (χ0v) is 14.9. The van der Waals surface area contributed by atoms with E-state index in [4.69, 9.17) is 4.98 Å². The monoisotopic (exact) mass is 331 g/mol. The summed E-state index contributed by atoms with van der Waals surface area (Å²) in [5, 5.41) is 13.4. The first-order chi connectivity index (χ1) is 12.0. The smallest absolute Gasteiger partial charge is 0.211 e. The third kappa shape index (κ3) is 2.71. The lowest BCUT2D eigenvalue weighted by Gasteiger charge is -2.14. The fraction of sp³-hybridized carbons (Fsp3) is 0.250. The number of aromatic nitrogens is 4. The molecular formula is C20H21N5. The van der Waals surface area contributed by atoms with Crippen LogP contribution in [0.4, 0.5) is 5.95 Å². The van der Waals surface area contributed by atoms with Crippen LogP contribution in [-0.4, -0.2) is 25.6 Å². The summed E-state index contributed by atoms with van der Waals surface area (Å²) in [6.45, 7) is 8.36. The second-order valence-electron chi connectivity index (χ2n) is 6.81. The molecule has 2 heterocycles. The van der Waals surface area contributed by atoms with Gasteiger partial charge < -0.3 is 5.32 Å². The van der Waals surface area contributed by atoms with Gasteiger partial charge in [0.25, 0.3) is 0 Å². The average molecular weight is 331 g/mol. The molecule has 0 unspecified atom stereocenters. The van der Waals surface area contributed by atoms with Crippen molar-refractivity contribution in [1.82, 2.24) is 19.6 Å². The molecule has 0 atom stereocenters. The van der Waals surface area contributed by atoms with Gasteiger partial charge in [-0.3, -0.25) is 0 Å². The van der Waals surface area contributed by atoms with E-state index in [1.807, 2.05) is 16.5 Å². The zero-order valence-electron chi connectivity index (χ0n) is 14.9. The molecule has 0 aliphatic heterocycles. The molecule has 0 saturated heterocycles. The lowest BCUT2D eigenvalue weighted by Crippen LogP contribution is -2.15. The highest BCUT2D eigenvalue weighted by molar-refractivity contribution is 5.93. The number of rotatable bonds is 3. The van der Waals surface area contributed by atoms with Crippen LogP contribution in [-0.2, 0) is 0 Å². The lowest BCUT2D eigenvalue weighted by molar-refractivity contribution is 0.869. The fourth-order valence-corrected chi connectivity index (χ4v) is 3.08. The van der Waals surface area contributed by atoms with Crippen LogP contribution in [0.3, 0.4) is 0 Å². The molecule has 2 aromatic heterocycles. The topological polar surface area (TPSA) is 55.1 Å². The highest BCUT2D eigenvalue weighted by Crippen LogP contribution is 2.28. The Balaban J connectivity index is 2.08. The molecule has 0 fully saturated rings. The van der Waals surface area contributed by atoms with Crippen molar-refractivity contribution in [2.45, 2.75) is 33.7 Å². The SMILES string of the molecule is Cc1cccc(-c2nnc3c4cc(C)ccc4nc(NC(C)C)n23)c1. The van der Waals surface area contributed by atoms with Crippen molar-refractivity contribution >= 4 is 22.5 Å². The number of benzene rings is 2. The van der Waals surface area contributed by atoms with Gasteiger partial charge in [0, 0.05) is 17.0 Å². The van der Waals surface area contributed by atoms with Crippen LogP contribution < -0.4 is 5.32 Å². The molecule has 126 valence electrons. The first kappa shape index (κ1) is 15.6. The summed E-state index contributed by atoms with van der Waals surface area (Å²) < 4.78 is 2.02. The summed E-state index contributed by atoms with van der Waals surface area (Å²) in [6.07, 6.45) is 0. The number of hydrogen-bond acceptors (Lipinski definition) is 4. The van der Waals surface area contributed by atoms with E-state index < -0.39 is 0 Å². The third-order valence-electron chi connectivity index (χ3n) is 4.19. The maximum atomic E-state index is 4.84. The van der Waals surface area contributed by atoms with Crippen LogP contribution in [0.15, 0.2) is 42.5 Å². The van der Waals surface area contributed by atoms with Crippen molar-refractivity contribution in [3.63, 3.8) is 0 Å². The van der Waals surface area contributed by atoms with E-state index in [1.54, 1.807) is 0 Å². The largest absolute Gasteiger partial charge is 0.353 e. The molecule has 25 heavy (non-hydrogen) atoms. The lowest BCUT2D eigenvalue weighted by atomic mass is 10.1. The second kappa shape index (κ2) is 5.84. The maximum Gasteiger partial charge on any atom is 0.211 e. The van der Waals surface area contributed by atoms with E-state index in [0.29, 0.717) is 0 Å². The molecular weight excluding hydrogens is 310 g/mol. The Morgan fingerprint density at radius 2 is 1.76 bits per heavy atom. The molecule has 0 amide bonds. The highest BCUT2D eigenvalue weighted by atomic mass is 15.3. The molecule has 0 radical (unpaired) electrons. The second-order valence-corrected chi connectivity index (χ2v) is 6.81. The Morgan fingerprint density at radius 3 is 2.52 bits per heavy atom. The number of nitrogens with zero attached hydrogens (tertiary/aromatic N) is 4. The number of nitrogens with one attached hydrogen (secondary N) is 1. The highest BCUT2D eigenvalue weighted by Gasteiger charge is 2.17. The van der Waals surface area contributed by atoms with Gasteiger partial charge in [-0.05, 0) is 45.9 Å². The minimum absolute atomic E-state index is 0.256. The maximum absolute atomic E-state index is 4.84. The minimum atomic E-state index is 0.256. The van der Waals surface area contributed by atoms with Crippen molar-refractivity contribution in [2.75, 3.05) is 5.32 Å². The molecule has 5 heteroatoms. The first-order valence-electron chi connectivity index (χ1n) is 8.52. The van der Waals surface area contributed by atoms with E-state index in [0.717, 1.165) is 33.9 Å². The molecule has 0 aliphatic carbocycles. The van der Waals surface area contributed by atoms with Crippen LogP contribution in [0.25, 0.3) is 27.9 Å². The Kier molecular flexibility index (Phi) is 3.64. The van der Waals surface area contributed by atoms with Crippen molar-refractivity contribution in [2.24, 2.45) is 0 Å². The minimum Gasteiger partial charge on any atom is -0.353 e. The fourth-order valence-electron chi connectivity index (χ4n) is 3.08. The van der Waals surface area contributed by atoms with Gasteiger partial charge in [-0.1, -0.05) is 35.4 Å². The van der Waals surface area contributed by atoms with Crippen LogP contribution in [0.5, 0.6) is 0 Å². The summed E-state index contributed by atoms with van der Waals surface area (Å²) in [5.41, 5.74) is 5.16. The Morgan fingerprint density at radius 1 is 0.960 bits per heavy atom. The number of fused-ring (bicyclic) bond motifs is 3. The van der Waals surface area contributed by atoms with Crippen LogP contribution in [0.2, 0.25) is 0 Å². The summed E-state index contributed by atoms with van der Waals surface area (Å²) in [7, 11) is 0. The standard InChI is InChI=1S/C20H21N5/c1-12(2)21-20-22-17-9-8-14(4)11-16(17)19-24-23-18(25(19)20)15-7-5-6-13(3)10-15/h5-12H,1-4H3,(H,21,22). The third-order valence-corrected chi connectivity index (χ3v) is 4.19. The van der Waals surface area contributed by atoms with Gasteiger partial charge in [0.15, 0.2) is 11.5 Å². The van der Waals surface area contributed by atoms with E-state index in [-0.39, 0.29) is 6.04 Å². The van der Waals surface area contributed by atoms with Crippen LogP contribution in [0.1, 0.15) is 25.0 Å². The van der Waals surface area contributed by atoms with Crippen molar-refractivity contribution in [1.29, 1.82) is 0 Å². The number of anilines is 1. The molecule has 5 nitrogen and oxygen atoms in total. The predicted octanol–water partition coefficient (Wildman–Crippen LogP) is 4.38. The summed E-state index contributed by atoms with van der Waals surface area (Å²) in [4.78, 5) is 4.84. The van der Waals surface area contributed by atoms with Crippen molar-refractivity contribution in [3.8, 4) is 11.4 Å². The Hall–Kier alpha value is -2.95. The van der Waals surface area contributed by atoms with Crippen molar-refractivity contribution in [3.05, 3.63) is 53.6 Å². The van der Waals surface area contributed by atoms with Crippen LogP contribution in [0, 0.1) is 13.8 Å². The number of aryl methyl sites for hydroxylation is 2.